The molecular formula is C40H78CaO4. The van der Waals surface area contributed by atoms with E-state index in [2.05, 4.69) is 13.8 Å². The number of carboxylic acid groups (broad SMARTS) is 2. The molecule has 0 heterocycles. The van der Waals surface area contributed by atoms with Gasteiger partial charge in [0.05, 0.1) is 0 Å². The van der Waals surface area contributed by atoms with E-state index in [0.717, 1.165) is 25.7 Å². The summed E-state index contributed by atoms with van der Waals surface area (Å²) in [7, 11) is 0. The average Bonchev–Trinajstić information content (AvgIpc) is 3.00. The smallest absolute Gasteiger partial charge is 0.550 e. The van der Waals surface area contributed by atoms with Gasteiger partial charge >= 0.3 is 37.7 Å². The van der Waals surface area contributed by atoms with Crippen LogP contribution in [-0.4, -0.2) is 49.7 Å². The van der Waals surface area contributed by atoms with Gasteiger partial charge in [-0.3, -0.25) is 0 Å². The number of aliphatic carboxylic acids is 2. The van der Waals surface area contributed by atoms with Crippen molar-refractivity contribution in [1.29, 1.82) is 0 Å². The van der Waals surface area contributed by atoms with Crippen LogP contribution in [0.4, 0.5) is 0 Å². The summed E-state index contributed by atoms with van der Waals surface area (Å²) in [6.45, 7) is 4.55. The monoisotopic (exact) mass is 663 g/mol. The van der Waals surface area contributed by atoms with E-state index in [1.165, 1.54) is 193 Å². The Labute approximate surface area is 312 Å². The van der Waals surface area contributed by atoms with Crippen molar-refractivity contribution in [2.45, 2.75) is 245 Å². The van der Waals surface area contributed by atoms with Crippen LogP contribution in [0.25, 0.3) is 0 Å². The molecular weight excluding hydrogens is 585 g/mol. The van der Waals surface area contributed by atoms with E-state index < -0.39 is 11.9 Å². The van der Waals surface area contributed by atoms with E-state index in [1.54, 1.807) is 0 Å². The molecule has 0 fully saturated rings. The van der Waals surface area contributed by atoms with Crippen molar-refractivity contribution in [3.63, 3.8) is 0 Å². The summed E-state index contributed by atoms with van der Waals surface area (Å²) in [4.78, 5) is 20.5. The van der Waals surface area contributed by atoms with E-state index in [1.807, 2.05) is 0 Å². The van der Waals surface area contributed by atoms with Crippen molar-refractivity contribution >= 4 is 49.7 Å². The second kappa shape index (κ2) is 46.3. The average molecular weight is 663 g/mol. The molecule has 0 aromatic rings. The third kappa shape index (κ3) is 53.9. The molecule has 264 valence electrons. The summed E-state index contributed by atoms with van der Waals surface area (Å²) >= 11 is 0. The maximum absolute atomic E-state index is 10.2. The van der Waals surface area contributed by atoms with Crippen molar-refractivity contribution in [2.75, 3.05) is 0 Å². The molecule has 0 aliphatic rings. The summed E-state index contributed by atoms with van der Waals surface area (Å²) in [6.07, 6.45) is 45.6. The van der Waals surface area contributed by atoms with Gasteiger partial charge in [-0.05, 0) is 25.7 Å². The second-order valence-corrected chi connectivity index (χ2v) is 13.6. The molecule has 0 rings (SSSR count). The number of carboxylic acids is 2. The van der Waals surface area contributed by atoms with E-state index >= 15 is 0 Å². The molecule has 0 saturated carbocycles. The van der Waals surface area contributed by atoms with Crippen molar-refractivity contribution in [2.24, 2.45) is 0 Å². The zero-order valence-corrected chi connectivity index (χ0v) is 33.0. The second-order valence-electron chi connectivity index (χ2n) is 13.6. The van der Waals surface area contributed by atoms with Crippen LogP contribution >= 0.6 is 0 Å². The molecule has 0 aromatic carbocycles. The van der Waals surface area contributed by atoms with Crippen LogP contribution in [0, 0.1) is 0 Å². The zero-order valence-electron chi connectivity index (χ0n) is 30.8. The number of hydrogen-bond acceptors (Lipinski definition) is 4. The normalized spacial score (nSPS) is 10.7. The first kappa shape index (κ1) is 49.6. The molecule has 0 spiro atoms. The van der Waals surface area contributed by atoms with Crippen LogP contribution in [0.15, 0.2) is 0 Å². The number of hydrogen-bond donors (Lipinski definition) is 0. The van der Waals surface area contributed by atoms with E-state index in [0.29, 0.717) is 0 Å². The van der Waals surface area contributed by atoms with Crippen molar-refractivity contribution in [3.05, 3.63) is 0 Å². The predicted molar refractivity (Wildman–Crippen MR) is 193 cm³/mol. The molecule has 0 aliphatic carbocycles. The maximum Gasteiger partial charge on any atom is 2.00 e. The summed E-state index contributed by atoms with van der Waals surface area (Å²) in [5, 5.41) is 20.5. The summed E-state index contributed by atoms with van der Waals surface area (Å²) in [5.74, 6) is -1.80. The molecule has 0 N–H and O–H groups in total. The van der Waals surface area contributed by atoms with Gasteiger partial charge < -0.3 is 19.8 Å². The van der Waals surface area contributed by atoms with Gasteiger partial charge in [-0.25, -0.2) is 0 Å². The van der Waals surface area contributed by atoms with Gasteiger partial charge in [-0.2, -0.15) is 0 Å². The minimum absolute atomic E-state index is 0. The number of rotatable bonds is 36. The topological polar surface area (TPSA) is 80.3 Å². The molecule has 0 atom stereocenters. The molecule has 0 aliphatic heterocycles. The first-order valence-corrected chi connectivity index (χ1v) is 19.9. The Balaban J connectivity index is -0.000000767. The summed E-state index contributed by atoms with van der Waals surface area (Å²) in [5.41, 5.74) is 0. The van der Waals surface area contributed by atoms with Crippen molar-refractivity contribution in [1.82, 2.24) is 0 Å². The molecule has 0 unspecified atom stereocenters. The quantitative estimate of drug-likeness (QED) is 0.0494. The summed E-state index contributed by atoms with van der Waals surface area (Å²) < 4.78 is 0. The van der Waals surface area contributed by atoms with Gasteiger partial charge in [-0.1, -0.05) is 219 Å². The Morgan fingerprint density at radius 1 is 0.289 bits per heavy atom. The van der Waals surface area contributed by atoms with E-state index in [4.69, 9.17) is 0 Å². The van der Waals surface area contributed by atoms with Crippen LogP contribution in [0.1, 0.15) is 245 Å². The fourth-order valence-corrected chi connectivity index (χ4v) is 5.99. The van der Waals surface area contributed by atoms with Gasteiger partial charge in [-0.15, -0.1) is 0 Å². The molecule has 0 saturated heterocycles. The van der Waals surface area contributed by atoms with Gasteiger partial charge in [0, 0.05) is 11.9 Å². The molecule has 0 radical (unpaired) electrons. The summed E-state index contributed by atoms with van der Waals surface area (Å²) in [6, 6.07) is 0. The third-order valence-corrected chi connectivity index (χ3v) is 8.97. The largest absolute Gasteiger partial charge is 2.00 e. The fraction of sp³-hybridized carbons (Fsp3) is 0.950. The fourth-order valence-electron chi connectivity index (χ4n) is 5.99. The van der Waals surface area contributed by atoms with Crippen LogP contribution in [-0.2, 0) is 9.59 Å². The Morgan fingerprint density at radius 3 is 0.556 bits per heavy atom. The zero-order chi connectivity index (χ0) is 32.6. The third-order valence-electron chi connectivity index (χ3n) is 8.97. The molecule has 0 aromatic heterocycles. The SMILES string of the molecule is CCCCCCCCCCCCCCCCCCCC(=O)[O-].CCCCCCCCCCCCCCCCCCCC(=O)[O-].[Ca+2]. The maximum atomic E-state index is 10.2. The van der Waals surface area contributed by atoms with Crippen LogP contribution < -0.4 is 10.2 Å². The minimum Gasteiger partial charge on any atom is -0.550 e. The molecule has 0 bridgehead atoms. The van der Waals surface area contributed by atoms with Gasteiger partial charge in [0.15, 0.2) is 0 Å². The Kier molecular flexibility index (Phi) is 51.0. The number of carbonyl (C=O) groups is 2. The Bertz CT molecular complexity index is 506. The Morgan fingerprint density at radius 2 is 0.422 bits per heavy atom. The van der Waals surface area contributed by atoms with E-state index in [-0.39, 0.29) is 50.6 Å². The van der Waals surface area contributed by atoms with Gasteiger partial charge in [0.2, 0.25) is 0 Å². The van der Waals surface area contributed by atoms with Crippen molar-refractivity contribution < 1.29 is 19.8 Å². The standard InChI is InChI=1S/2C20H40O2.Ca/c2*1-2-3-4-5-6-7-8-9-10-11-12-13-14-15-16-17-18-19-20(21)22;/h2*2-19H2,1H3,(H,21,22);/q;;+2/p-2. The molecule has 0 amide bonds. The predicted octanol–water partition coefficient (Wildman–Crippen LogP) is 11.2. The first-order valence-electron chi connectivity index (χ1n) is 19.9. The van der Waals surface area contributed by atoms with Crippen LogP contribution in [0.3, 0.4) is 0 Å². The molecule has 4 nitrogen and oxygen atoms in total. The van der Waals surface area contributed by atoms with E-state index in [9.17, 15) is 19.8 Å². The van der Waals surface area contributed by atoms with Crippen LogP contribution in [0.5, 0.6) is 0 Å². The van der Waals surface area contributed by atoms with Crippen LogP contribution in [0.2, 0.25) is 0 Å². The minimum atomic E-state index is -0.902. The Hall–Kier alpha value is 0.200. The van der Waals surface area contributed by atoms with Gasteiger partial charge in [0.1, 0.15) is 0 Å². The van der Waals surface area contributed by atoms with Crippen molar-refractivity contribution in [3.8, 4) is 0 Å². The van der Waals surface area contributed by atoms with Gasteiger partial charge in [0.25, 0.3) is 0 Å². The first-order chi connectivity index (χ1) is 21.5. The number of unbranched alkanes of at least 4 members (excludes halogenated alkanes) is 32. The molecule has 5 heteroatoms. The number of carbonyl (C=O) groups excluding carboxylic acids is 2. The molecule has 45 heavy (non-hydrogen) atoms.